The molecule has 32 heavy (non-hydrogen) atoms. The molecule has 1 heterocycles. The summed E-state index contributed by atoms with van der Waals surface area (Å²) in [6.45, 7) is 5.83. The van der Waals surface area contributed by atoms with Crippen LogP contribution in [0.5, 0.6) is 0 Å². The van der Waals surface area contributed by atoms with Gasteiger partial charge in [0.1, 0.15) is 23.2 Å². The normalized spacial score (nSPS) is 11.9. The third kappa shape index (κ3) is 5.76. The molecule has 2 amide bonds. The summed E-state index contributed by atoms with van der Waals surface area (Å²) in [6.07, 6.45) is 0.600. The zero-order valence-electron chi connectivity index (χ0n) is 18.1. The minimum atomic E-state index is -0.971. The summed E-state index contributed by atoms with van der Waals surface area (Å²) in [6, 6.07) is 10.2. The molecule has 0 spiro atoms. The van der Waals surface area contributed by atoms with Crippen molar-refractivity contribution < 1.29 is 18.4 Å². The summed E-state index contributed by atoms with van der Waals surface area (Å²) in [5, 5.41) is 8.27. The van der Waals surface area contributed by atoms with Gasteiger partial charge in [-0.05, 0) is 37.0 Å². The van der Waals surface area contributed by atoms with Crippen LogP contribution in [0.1, 0.15) is 34.8 Å². The molecule has 0 unspecified atom stereocenters. The van der Waals surface area contributed by atoms with E-state index in [0.717, 1.165) is 34.0 Å². The number of carbonyl (C=O) groups excluding carboxylic acids is 2. The Morgan fingerprint density at radius 2 is 1.72 bits per heavy atom. The summed E-state index contributed by atoms with van der Waals surface area (Å²) in [4.78, 5) is 29.5. The fourth-order valence-electron chi connectivity index (χ4n) is 3.24. The first-order chi connectivity index (χ1) is 15.3. The molecule has 1 atom stereocenters. The number of hydrogen-bond donors (Lipinski definition) is 2. The van der Waals surface area contributed by atoms with Crippen LogP contribution < -0.4 is 10.6 Å². The molecule has 0 aliphatic rings. The Balaban J connectivity index is 1.56. The Labute approximate surface area is 189 Å². The highest BCUT2D eigenvalue weighted by Gasteiger charge is 2.27. The molecule has 3 rings (SSSR count). The zero-order chi connectivity index (χ0) is 23.3. The van der Waals surface area contributed by atoms with Crippen LogP contribution in [0.4, 0.5) is 8.78 Å². The first-order valence-electron chi connectivity index (χ1n) is 10.3. The van der Waals surface area contributed by atoms with Gasteiger partial charge in [0.05, 0.1) is 10.7 Å². The van der Waals surface area contributed by atoms with Crippen LogP contribution >= 0.6 is 11.3 Å². The Bertz CT molecular complexity index is 1080. The molecule has 0 saturated heterocycles. The Kier molecular flexibility index (Phi) is 7.69. The maximum absolute atomic E-state index is 13.9. The van der Waals surface area contributed by atoms with Gasteiger partial charge in [-0.15, -0.1) is 11.3 Å². The summed E-state index contributed by atoms with van der Waals surface area (Å²) < 4.78 is 27.8. The SMILES string of the molecule is Cc1nc(-c2ccc(CCNC(=O)[C@@H](NC(=O)c3c(F)cccc3F)C(C)C)cc2)cs1. The summed E-state index contributed by atoms with van der Waals surface area (Å²) in [5.74, 6) is -3.57. The van der Waals surface area contributed by atoms with E-state index in [1.807, 2.05) is 36.6 Å². The van der Waals surface area contributed by atoms with Gasteiger partial charge in [0, 0.05) is 17.5 Å². The van der Waals surface area contributed by atoms with E-state index in [2.05, 4.69) is 15.6 Å². The average Bonchev–Trinajstić information content (AvgIpc) is 3.18. The fourth-order valence-corrected chi connectivity index (χ4v) is 3.86. The number of carbonyl (C=O) groups is 2. The van der Waals surface area contributed by atoms with Gasteiger partial charge in [-0.3, -0.25) is 9.59 Å². The molecule has 0 bridgehead atoms. The minimum absolute atomic E-state index is 0.269. The van der Waals surface area contributed by atoms with Crippen molar-refractivity contribution in [1.82, 2.24) is 15.6 Å². The van der Waals surface area contributed by atoms with Crippen LogP contribution in [0.2, 0.25) is 0 Å². The van der Waals surface area contributed by atoms with E-state index in [-0.39, 0.29) is 5.92 Å². The van der Waals surface area contributed by atoms with Gasteiger partial charge >= 0.3 is 0 Å². The molecular weight excluding hydrogens is 432 g/mol. The minimum Gasteiger partial charge on any atom is -0.354 e. The maximum Gasteiger partial charge on any atom is 0.257 e. The van der Waals surface area contributed by atoms with Crippen molar-refractivity contribution in [2.75, 3.05) is 6.54 Å². The number of nitrogens with zero attached hydrogens (tertiary/aromatic N) is 1. The first kappa shape index (κ1) is 23.5. The number of halogens is 2. The molecule has 0 radical (unpaired) electrons. The van der Waals surface area contributed by atoms with Crippen molar-refractivity contribution in [1.29, 1.82) is 0 Å². The predicted octanol–water partition coefficient (Wildman–Crippen LogP) is 4.51. The van der Waals surface area contributed by atoms with Crippen molar-refractivity contribution in [2.45, 2.75) is 33.2 Å². The molecule has 0 aliphatic carbocycles. The second-order valence-electron chi connectivity index (χ2n) is 7.78. The van der Waals surface area contributed by atoms with Crippen LogP contribution in [0, 0.1) is 24.5 Å². The molecular formula is C24H25F2N3O2S. The molecule has 1 aromatic heterocycles. The molecule has 8 heteroatoms. The van der Waals surface area contributed by atoms with Crippen LogP contribution in [0.15, 0.2) is 47.8 Å². The number of aromatic nitrogens is 1. The maximum atomic E-state index is 13.9. The van der Waals surface area contributed by atoms with Crippen LogP contribution in [-0.2, 0) is 11.2 Å². The van der Waals surface area contributed by atoms with Crippen molar-refractivity contribution >= 4 is 23.2 Å². The lowest BCUT2D eigenvalue weighted by atomic mass is 10.0. The van der Waals surface area contributed by atoms with Gasteiger partial charge in [0.2, 0.25) is 5.91 Å². The highest BCUT2D eigenvalue weighted by atomic mass is 32.1. The zero-order valence-corrected chi connectivity index (χ0v) is 18.9. The van der Waals surface area contributed by atoms with Crippen molar-refractivity contribution in [2.24, 2.45) is 5.92 Å². The van der Waals surface area contributed by atoms with Crippen molar-refractivity contribution in [3.63, 3.8) is 0 Å². The number of thiazole rings is 1. The second kappa shape index (κ2) is 10.5. The number of aryl methyl sites for hydroxylation is 1. The third-order valence-corrected chi connectivity index (χ3v) is 5.78. The number of rotatable bonds is 8. The second-order valence-corrected chi connectivity index (χ2v) is 8.84. The van der Waals surface area contributed by atoms with Crippen LogP contribution in [0.25, 0.3) is 11.3 Å². The molecule has 5 nitrogen and oxygen atoms in total. The molecule has 2 N–H and O–H groups in total. The lowest BCUT2D eigenvalue weighted by Crippen LogP contribution is -2.50. The smallest absolute Gasteiger partial charge is 0.257 e. The fraction of sp³-hybridized carbons (Fsp3) is 0.292. The molecule has 0 fully saturated rings. The molecule has 0 aliphatic heterocycles. The number of benzene rings is 2. The topological polar surface area (TPSA) is 71.1 Å². The molecule has 3 aromatic rings. The van der Waals surface area contributed by atoms with E-state index in [1.54, 1.807) is 25.2 Å². The molecule has 0 saturated carbocycles. The van der Waals surface area contributed by atoms with Gasteiger partial charge in [-0.2, -0.15) is 0 Å². The summed E-state index contributed by atoms with van der Waals surface area (Å²) in [7, 11) is 0. The standard InChI is InChI=1S/C24H25F2N3O2S/c1-14(2)22(29-23(30)21-18(25)5-4-6-19(21)26)24(31)27-12-11-16-7-9-17(10-8-16)20-13-32-15(3)28-20/h4-10,13-14,22H,11-12H2,1-3H3,(H,27,31)(H,29,30)/t22-/m0/s1. The molecule has 2 aromatic carbocycles. The van der Waals surface area contributed by atoms with Gasteiger partial charge in [-0.1, -0.05) is 44.2 Å². The quantitative estimate of drug-likeness (QED) is 0.523. The Hall–Kier alpha value is -3.13. The van der Waals surface area contributed by atoms with Gasteiger partial charge in [0.15, 0.2) is 0 Å². The highest BCUT2D eigenvalue weighted by Crippen LogP contribution is 2.22. The van der Waals surface area contributed by atoms with Crippen LogP contribution in [-0.4, -0.2) is 29.4 Å². The summed E-state index contributed by atoms with van der Waals surface area (Å²) >= 11 is 1.60. The largest absolute Gasteiger partial charge is 0.354 e. The Morgan fingerprint density at radius 3 is 2.28 bits per heavy atom. The Morgan fingerprint density at radius 1 is 1.06 bits per heavy atom. The van der Waals surface area contributed by atoms with Crippen molar-refractivity contribution in [3.05, 3.63) is 75.6 Å². The van der Waals surface area contributed by atoms with Gasteiger partial charge < -0.3 is 10.6 Å². The third-order valence-electron chi connectivity index (χ3n) is 5.01. The predicted molar refractivity (Wildman–Crippen MR) is 121 cm³/mol. The van der Waals surface area contributed by atoms with Crippen LogP contribution in [0.3, 0.4) is 0 Å². The van der Waals surface area contributed by atoms with E-state index in [1.165, 1.54) is 6.07 Å². The lowest BCUT2D eigenvalue weighted by Gasteiger charge is -2.22. The summed E-state index contributed by atoms with van der Waals surface area (Å²) in [5.41, 5.74) is 2.32. The lowest BCUT2D eigenvalue weighted by molar-refractivity contribution is -0.123. The van der Waals surface area contributed by atoms with E-state index in [0.29, 0.717) is 13.0 Å². The average molecular weight is 458 g/mol. The number of amides is 2. The van der Waals surface area contributed by atoms with Crippen molar-refractivity contribution in [3.8, 4) is 11.3 Å². The molecule has 168 valence electrons. The number of nitrogens with one attached hydrogen (secondary N) is 2. The first-order valence-corrected chi connectivity index (χ1v) is 11.2. The number of hydrogen-bond acceptors (Lipinski definition) is 4. The van der Waals surface area contributed by atoms with E-state index in [4.69, 9.17) is 0 Å². The van der Waals surface area contributed by atoms with Gasteiger partial charge in [0.25, 0.3) is 5.91 Å². The van der Waals surface area contributed by atoms with E-state index in [9.17, 15) is 18.4 Å². The highest BCUT2D eigenvalue weighted by molar-refractivity contribution is 7.09. The van der Waals surface area contributed by atoms with E-state index >= 15 is 0 Å². The monoisotopic (exact) mass is 457 g/mol. The van der Waals surface area contributed by atoms with E-state index < -0.39 is 35.1 Å². The van der Waals surface area contributed by atoms with Gasteiger partial charge in [-0.25, -0.2) is 13.8 Å².